The fraction of sp³-hybridized carbons (Fsp3) is 0.467. The number of nitrogen functional groups attached to an aromatic ring is 1. The molecule has 0 radical (unpaired) electrons. The first-order valence-corrected chi connectivity index (χ1v) is 6.97. The topological polar surface area (TPSA) is 70.1 Å². The number of hydrogen-bond acceptors (Lipinski definition) is 4. The van der Waals surface area contributed by atoms with Crippen LogP contribution in [0, 0.1) is 0 Å². The molecule has 1 aromatic heterocycles. The number of para-hydroxylation sites is 1. The lowest BCUT2D eigenvalue weighted by Gasteiger charge is -2.18. The Morgan fingerprint density at radius 3 is 2.80 bits per heavy atom. The number of nitrogens with zero attached hydrogens (tertiary/aromatic N) is 2. The molecule has 1 atom stereocenters. The highest BCUT2D eigenvalue weighted by atomic mass is 16.5. The van der Waals surface area contributed by atoms with Gasteiger partial charge < -0.3 is 15.0 Å². The monoisotopic (exact) mass is 275 g/mol. The number of aromatic nitrogens is 2. The molecule has 5 heteroatoms. The summed E-state index contributed by atoms with van der Waals surface area (Å²) in [7, 11) is 1.41. The number of rotatable bonds is 5. The van der Waals surface area contributed by atoms with E-state index >= 15 is 0 Å². The molecule has 108 valence electrons. The summed E-state index contributed by atoms with van der Waals surface area (Å²) in [4.78, 5) is 16.6. The molecule has 0 aliphatic carbocycles. The molecule has 2 rings (SSSR count). The molecule has 0 aliphatic heterocycles. The molecule has 0 aliphatic rings. The van der Waals surface area contributed by atoms with Gasteiger partial charge in [-0.25, -0.2) is 9.78 Å². The maximum Gasteiger partial charge on any atom is 0.328 e. The molecule has 0 saturated carbocycles. The molecule has 1 aromatic carbocycles. The Kier molecular flexibility index (Phi) is 4.27. The average Bonchev–Trinajstić information content (AvgIpc) is 2.80. The van der Waals surface area contributed by atoms with Gasteiger partial charge in [0.2, 0.25) is 0 Å². The van der Waals surface area contributed by atoms with Gasteiger partial charge in [-0.2, -0.15) is 0 Å². The zero-order chi connectivity index (χ0) is 14.7. The van der Waals surface area contributed by atoms with Crippen LogP contribution in [0.15, 0.2) is 18.2 Å². The Morgan fingerprint density at radius 1 is 1.45 bits per heavy atom. The zero-order valence-electron chi connectivity index (χ0n) is 12.2. The van der Waals surface area contributed by atoms with Crippen LogP contribution in [0.3, 0.4) is 0 Å². The Morgan fingerprint density at radius 2 is 2.20 bits per heavy atom. The molecule has 5 nitrogen and oxygen atoms in total. The largest absolute Gasteiger partial charge is 0.467 e. The number of fused-ring (bicyclic) bond motifs is 1. The van der Waals surface area contributed by atoms with E-state index in [0.717, 1.165) is 29.7 Å². The van der Waals surface area contributed by atoms with Crippen LogP contribution >= 0.6 is 0 Å². The maximum absolute atomic E-state index is 12.0. The van der Waals surface area contributed by atoms with E-state index in [9.17, 15) is 4.79 Å². The Balaban J connectivity index is 2.67. The normalized spacial score (nSPS) is 12.6. The van der Waals surface area contributed by atoms with Crippen LogP contribution in [0.2, 0.25) is 0 Å². The van der Waals surface area contributed by atoms with Gasteiger partial charge >= 0.3 is 5.97 Å². The molecule has 0 amide bonds. The fourth-order valence-corrected chi connectivity index (χ4v) is 2.53. The second kappa shape index (κ2) is 5.94. The summed E-state index contributed by atoms with van der Waals surface area (Å²) in [6.07, 6.45) is 2.42. The minimum absolute atomic E-state index is 0.244. The summed E-state index contributed by atoms with van der Waals surface area (Å²) < 4.78 is 6.89. The lowest BCUT2D eigenvalue weighted by atomic mass is 10.2. The lowest BCUT2D eigenvalue weighted by molar-refractivity contribution is -0.144. The second-order valence-electron chi connectivity index (χ2n) is 4.81. The Hall–Kier alpha value is -2.04. The molecule has 20 heavy (non-hydrogen) atoms. The van der Waals surface area contributed by atoms with Crippen LogP contribution in [0.5, 0.6) is 0 Å². The molecule has 0 spiro atoms. The summed E-state index contributed by atoms with van der Waals surface area (Å²) in [6, 6.07) is 5.31. The van der Waals surface area contributed by atoms with Crippen molar-refractivity contribution in [1.82, 2.24) is 9.55 Å². The first-order valence-electron chi connectivity index (χ1n) is 6.97. The Bertz CT molecular complexity index is 619. The van der Waals surface area contributed by atoms with E-state index in [4.69, 9.17) is 10.5 Å². The number of imidazole rings is 1. The molecular weight excluding hydrogens is 254 g/mol. The SMILES string of the molecule is CCCc1nc2c(N)cccc2n1C(CC)C(=O)OC. The minimum atomic E-state index is -0.353. The van der Waals surface area contributed by atoms with Gasteiger partial charge in [0.25, 0.3) is 0 Å². The van der Waals surface area contributed by atoms with Gasteiger partial charge in [0.05, 0.1) is 18.3 Å². The number of methoxy groups -OCH3 is 1. The van der Waals surface area contributed by atoms with Crippen molar-refractivity contribution in [2.45, 2.75) is 39.2 Å². The van der Waals surface area contributed by atoms with Crippen LogP contribution in [0.25, 0.3) is 11.0 Å². The predicted octanol–water partition coefficient (Wildman–Crippen LogP) is 2.70. The highest BCUT2D eigenvalue weighted by Crippen LogP contribution is 2.28. The van der Waals surface area contributed by atoms with Crippen molar-refractivity contribution in [2.24, 2.45) is 0 Å². The number of nitrogens with two attached hydrogens (primary N) is 1. The van der Waals surface area contributed by atoms with Crippen LogP contribution in [0.4, 0.5) is 5.69 Å². The maximum atomic E-state index is 12.0. The van der Waals surface area contributed by atoms with E-state index in [2.05, 4.69) is 11.9 Å². The fourth-order valence-electron chi connectivity index (χ4n) is 2.53. The zero-order valence-corrected chi connectivity index (χ0v) is 12.2. The van der Waals surface area contributed by atoms with Gasteiger partial charge in [-0.15, -0.1) is 0 Å². The molecule has 2 aromatic rings. The highest BCUT2D eigenvalue weighted by molar-refractivity contribution is 5.89. The van der Waals surface area contributed by atoms with Crippen molar-refractivity contribution in [2.75, 3.05) is 12.8 Å². The number of esters is 1. The smallest absolute Gasteiger partial charge is 0.328 e. The molecule has 0 saturated heterocycles. The summed E-state index contributed by atoms with van der Waals surface area (Å²) in [6.45, 7) is 4.06. The van der Waals surface area contributed by atoms with Crippen molar-refractivity contribution in [3.05, 3.63) is 24.0 Å². The summed E-state index contributed by atoms with van der Waals surface area (Å²) in [5.74, 6) is 0.643. The molecule has 1 unspecified atom stereocenters. The van der Waals surface area contributed by atoms with Gasteiger partial charge in [0.15, 0.2) is 0 Å². The second-order valence-corrected chi connectivity index (χ2v) is 4.81. The third-order valence-corrected chi connectivity index (χ3v) is 3.47. The van der Waals surface area contributed by atoms with E-state index in [-0.39, 0.29) is 12.0 Å². The van der Waals surface area contributed by atoms with E-state index in [0.29, 0.717) is 12.1 Å². The van der Waals surface area contributed by atoms with Crippen LogP contribution in [-0.4, -0.2) is 22.6 Å². The van der Waals surface area contributed by atoms with Crippen molar-refractivity contribution in [1.29, 1.82) is 0 Å². The highest BCUT2D eigenvalue weighted by Gasteiger charge is 2.24. The number of carbonyl (C=O) groups is 1. The number of benzene rings is 1. The van der Waals surface area contributed by atoms with E-state index in [1.165, 1.54) is 7.11 Å². The molecule has 1 heterocycles. The van der Waals surface area contributed by atoms with Crippen LogP contribution in [-0.2, 0) is 16.0 Å². The van der Waals surface area contributed by atoms with E-state index in [1.54, 1.807) is 0 Å². The third kappa shape index (κ3) is 2.35. The van der Waals surface area contributed by atoms with Crippen molar-refractivity contribution in [3.8, 4) is 0 Å². The summed E-state index contributed by atoms with van der Waals surface area (Å²) in [5.41, 5.74) is 8.29. The number of hydrogen-bond donors (Lipinski definition) is 1. The van der Waals surface area contributed by atoms with Crippen molar-refractivity contribution < 1.29 is 9.53 Å². The summed E-state index contributed by atoms with van der Waals surface area (Å²) in [5, 5.41) is 0. The van der Waals surface area contributed by atoms with Crippen LogP contribution < -0.4 is 5.73 Å². The van der Waals surface area contributed by atoms with Crippen molar-refractivity contribution in [3.63, 3.8) is 0 Å². The number of carbonyl (C=O) groups excluding carboxylic acids is 1. The van der Waals surface area contributed by atoms with Gasteiger partial charge in [-0.05, 0) is 25.0 Å². The lowest BCUT2D eigenvalue weighted by Crippen LogP contribution is -2.22. The minimum Gasteiger partial charge on any atom is -0.467 e. The average molecular weight is 275 g/mol. The van der Waals surface area contributed by atoms with E-state index in [1.807, 2.05) is 29.7 Å². The molecule has 0 fully saturated rings. The predicted molar refractivity (Wildman–Crippen MR) is 79.5 cm³/mol. The Labute approximate surface area is 118 Å². The molecule has 2 N–H and O–H groups in total. The van der Waals surface area contributed by atoms with E-state index < -0.39 is 0 Å². The number of ether oxygens (including phenoxy) is 1. The first kappa shape index (κ1) is 14.4. The first-order chi connectivity index (χ1) is 9.63. The van der Waals surface area contributed by atoms with Gasteiger partial charge in [-0.3, -0.25) is 0 Å². The van der Waals surface area contributed by atoms with Crippen LogP contribution in [0.1, 0.15) is 38.6 Å². The standard InChI is InChI=1S/C15H21N3O2/c1-4-7-13-17-14-10(16)8-6-9-12(14)18(13)11(5-2)15(19)20-3/h6,8-9,11H,4-5,7,16H2,1-3H3. The quantitative estimate of drug-likeness (QED) is 0.672. The molecular formula is C15H21N3O2. The summed E-state index contributed by atoms with van der Waals surface area (Å²) >= 11 is 0. The van der Waals surface area contributed by atoms with Crippen molar-refractivity contribution >= 4 is 22.7 Å². The van der Waals surface area contributed by atoms with Gasteiger partial charge in [0.1, 0.15) is 17.4 Å². The van der Waals surface area contributed by atoms with Gasteiger partial charge in [-0.1, -0.05) is 19.9 Å². The van der Waals surface area contributed by atoms with Gasteiger partial charge in [0, 0.05) is 6.42 Å². The number of aryl methyl sites for hydroxylation is 1. The number of anilines is 1. The molecule has 0 bridgehead atoms. The third-order valence-electron chi connectivity index (χ3n) is 3.47.